The Labute approximate surface area is 85.7 Å². The molecular weight excluding hydrogens is 182 g/mol. The number of benzene rings is 1. The molecule has 0 unspecified atom stereocenters. The van der Waals surface area contributed by atoms with E-state index in [1.165, 1.54) is 17.5 Å². The van der Waals surface area contributed by atoms with Crippen LogP contribution in [0.15, 0.2) is 24.3 Å². The highest BCUT2D eigenvalue weighted by atomic mass is 35.5. The van der Waals surface area contributed by atoms with E-state index in [1.54, 1.807) is 0 Å². The average molecular weight is 198 g/mol. The molecule has 0 aliphatic heterocycles. The normalized spacial score (nSPS) is 25.1. The minimum absolute atomic E-state index is 0. The van der Waals surface area contributed by atoms with Crippen LogP contribution in [0.3, 0.4) is 0 Å². The van der Waals surface area contributed by atoms with E-state index in [9.17, 15) is 0 Å². The van der Waals surface area contributed by atoms with E-state index >= 15 is 0 Å². The number of halogens is 1. The van der Waals surface area contributed by atoms with Crippen LogP contribution >= 0.6 is 12.4 Å². The molecule has 2 heteroatoms. The first-order chi connectivity index (χ1) is 5.83. The van der Waals surface area contributed by atoms with Crippen LogP contribution < -0.4 is 5.73 Å². The largest absolute Gasteiger partial charge is 0.330 e. The minimum atomic E-state index is 0. The fourth-order valence-corrected chi connectivity index (χ4v) is 2.24. The summed E-state index contributed by atoms with van der Waals surface area (Å²) in [4.78, 5) is 0. The average Bonchev–Trinajstić information content (AvgIpc) is 2.40. The van der Waals surface area contributed by atoms with E-state index in [1.807, 2.05) is 0 Å². The van der Waals surface area contributed by atoms with Crippen molar-refractivity contribution in [3.05, 3.63) is 35.4 Å². The Kier molecular flexibility index (Phi) is 3.34. The third-order valence-corrected chi connectivity index (χ3v) is 2.94. The fraction of sp³-hybridized carbons (Fsp3) is 0.455. The van der Waals surface area contributed by atoms with Gasteiger partial charge in [-0.25, -0.2) is 0 Å². The van der Waals surface area contributed by atoms with Gasteiger partial charge in [0.05, 0.1) is 0 Å². The van der Waals surface area contributed by atoms with Gasteiger partial charge in [0.2, 0.25) is 0 Å². The van der Waals surface area contributed by atoms with E-state index in [4.69, 9.17) is 5.73 Å². The van der Waals surface area contributed by atoms with Crippen LogP contribution in [0.25, 0.3) is 0 Å². The number of rotatable bonds is 1. The quantitative estimate of drug-likeness (QED) is 0.735. The van der Waals surface area contributed by atoms with Crippen LogP contribution in [-0.2, 0) is 6.42 Å². The zero-order valence-corrected chi connectivity index (χ0v) is 8.68. The van der Waals surface area contributed by atoms with E-state index in [0.717, 1.165) is 12.5 Å². The summed E-state index contributed by atoms with van der Waals surface area (Å²) in [5.41, 5.74) is 8.72. The molecular formula is C11H16ClN. The van der Waals surface area contributed by atoms with Crippen molar-refractivity contribution in [3.8, 4) is 0 Å². The maximum Gasteiger partial charge on any atom is -0.000545 e. The smallest absolute Gasteiger partial charge is 0.000545 e. The summed E-state index contributed by atoms with van der Waals surface area (Å²) in [5, 5.41) is 0. The van der Waals surface area contributed by atoms with Gasteiger partial charge >= 0.3 is 0 Å². The Bertz CT molecular complexity index is 285. The molecule has 72 valence electrons. The zero-order valence-electron chi connectivity index (χ0n) is 7.86. The van der Waals surface area contributed by atoms with Crippen LogP contribution in [0.1, 0.15) is 24.0 Å². The summed E-state index contributed by atoms with van der Waals surface area (Å²) < 4.78 is 0. The van der Waals surface area contributed by atoms with Crippen molar-refractivity contribution in [3.63, 3.8) is 0 Å². The van der Waals surface area contributed by atoms with Crippen LogP contribution in [0, 0.1) is 5.92 Å². The predicted molar refractivity (Wildman–Crippen MR) is 58.4 cm³/mol. The van der Waals surface area contributed by atoms with Crippen molar-refractivity contribution < 1.29 is 0 Å². The lowest BCUT2D eigenvalue weighted by Gasteiger charge is -2.12. The first-order valence-electron chi connectivity index (χ1n) is 4.61. The third-order valence-electron chi connectivity index (χ3n) is 2.94. The predicted octanol–water partition coefficient (Wildman–Crippen LogP) is 2.34. The van der Waals surface area contributed by atoms with Crippen molar-refractivity contribution in [2.24, 2.45) is 11.7 Å². The van der Waals surface area contributed by atoms with E-state index in [0.29, 0.717) is 5.92 Å². The maximum atomic E-state index is 5.74. The van der Waals surface area contributed by atoms with E-state index in [-0.39, 0.29) is 12.4 Å². The Morgan fingerprint density at radius 1 is 1.38 bits per heavy atom. The molecule has 0 radical (unpaired) electrons. The van der Waals surface area contributed by atoms with Gasteiger partial charge in [-0.15, -0.1) is 12.4 Å². The molecule has 13 heavy (non-hydrogen) atoms. The second kappa shape index (κ2) is 4.12. The molecule has 0 saturated heterocycles. The lowest BCUT2D eigenvalue weighted by atomic mass is 9.94. The highest BCUT2D eigenvalue weighted by Crippen LogP contribution is 2.36. The zero-order chi connectivity index (χ0) is 8.55. The molecule has 0 fully saturated rings. The Hall–Kier alpha value is -0.530. The molecule has 2 atom stereocenters. The number of hydrogen-bond acceptors (Lipinski definition) is 1. The van der Waals surface area contributed by atoms with Gasteiger partial charge in [-0.2, -0.15) is 0 Å². The molecule has 1 nitrogen and oxygen atoms in total. The summed E-state index contributed by atoms with van der Waals surface area (Å²) in [6.45, 7) is 3.08. The van der Waals surface area contributed by atoms with Gasteiger partial charge in [-0.1, -0.05) is 31.2 Å². The second-order valence-corrected chi connectivity index (χ2v) is 3.72. The molecule has 1 aliphatic rings. The summed E-state index contributed by atoms with van der Waals surface area (Å²) in [6.07, 6.45) is 1.21. The van der Waals surface area contributed by atoms with Gasteiger partial charge in [0.15, 0.2) is 0 Å². The van der Waals surface area contributed by atoms with Gasteiger partial charge in [-0.3, -0.25) is 0 Å². The third kappa shape index (κ3) is 1.72. The van der Waals surface area contributed by atoms with Gasteiger partial charge in [-0.05, 0) is 35.9 Å². The topological polar surface area (TPSA) is 26.0 Å². The van der Waals surface area contributed by atoms with Crippen LogP contribution in [0.4, 0.5) is 0 Å². The minimum Gasteiger partial charge on any atom is -0.330 e. The van der Waals surface area contributed by atoms with Crippen molar-refractivity contribution in [1.29, 1.82) is 0 Å². The van der Waals surface area contributed by atoms with Crippen LogP contribution in [0.5, 0.6) is 0 Å². The van der Waals surface area contributed by atoms with Crippen molar-refractivity contribution in [2.45, 2.75) is 19.3 Å². The number of nitrogens with two attached hydrogens (primary N) is 1. The van der Waals surface area contributed by atoms with Gasteiger partial charge < -0.3 is 5.73 Å². The number of fused-ring (bicyclic) bond motifs is 1. The molecule has 0 amide bonds. The van der Waals surface area contributed by atoms with Crippen LogP contribution in [0.2, 0.25) is 0 Å². The Morgan fingerprint density at radius 3 is 2.77 bits per heavy atom. The van der Waals surface area contributed by atoms with E-state index < -0.39 is 0 Å². The van der Waals surface area contributed by atoms with Gasteiger partial charge in [0.1, 0.15) is 0 Å². The van der Waals surface area contributed by atoms with Crippen molar-refractivity contribution in [2.75, 3.05) is 6.54 Å². The highest BCUT2D eigenvalue weighted by Gasteiger charge is 2.27. The Morgan fingerprint density at radius 2 is 2.08 bits per heavy atom. The van der Waals surface area contributed by atoms with E-state index in [2.05, 4.69) is 31.2 Å². The molecule has 0 bridgehead atoms. The van der Waals surface area contributed by atoms with Gasteiger partial charge in [0.25, 0.3) is 0 Å². The first-order valence-corrected chi connectivity index (χ1v) is 4.61. The number of hydrogen-bond donors (Lipinski definition) is 1. The first kappa shape index (κ1) is 10.6. The summed E-state index contributed by atoms with van der Waals surface area (Å²) in [6, 6.07) is 8.67. The lowest BCUT2D eigenvalue weighted by molar-refractivity contribution is 0.506. The molecule has 1 aliphatic carbocycles. The highest BCUT2D eigenvalue weighted by molar-refractivity contribution is 5.85. The molecule has 0 heterocycles. The molecule has 2 rings (SSSR count). The standard InChI is InChI=1S/C11H15N.ClH/c1-8-6-9-4-2-3-5-10(9)11(8)7-12;/h2-5,8,11H,6-7,12H2,1H3;1H/t8-,11-;/m0./s1. The molecule has 0 saturated carbocycles. The Balaban J connectivity index is 0.000000845. The van der Waals surface area contributed by atoms with Crippen molar-refractivity contribution >= 4 is 12.4 Å². The summed E-state index contributed by atoms with van der Waals surface area (Å²) in [7, 11) is 0. The molecule has 1 aromatic rings. The van der Waals surface area contributed by atoms with Crippen molar-refractivity contribution in [1.82, 2.24) is 0 Å². The molecule has 1 aromatic carbocycles. The summed E-state index contributed by atoms with van der Waals surface area (Å²) in [5.74, 6) is 1.33. The second-order valence-electron chi connectivity index (χ2n) is 3.72. The molecule has 0 aromatic heterocycles. The molecule has 0 spiro atoms. The maximum absolute atomic E-state index is 5.74. The van der Waals surface area contributed by atoms with Crippen LogP contribution in [-0.4, -0.2) is 6.54 Å². The monoisotopic (exact) mass is 197 g/mol. The lowest BCUT2D eigenvalue weighted by Crippen LogP contribution is -2.15. The SMILES string of the molecule is C[C@H]1Cc2ccccc2[C@H]1CN.Cl. The summed E-state index contributed by atoms with van der Waals surface area (Å²) >= 11 is 0. The fourth-order valence-electron chi connectivity index (χ4n) is 2.24. The van der Waals surface area contributed by atoms with Gasteiger partial charge in [0, 0.05) is 0 Å². The molecule has 2 N–H and O–H groups in total.